The summed E-state index contributed by atoms with van der Waals surface area (Å²) in [7, 11) is 0. The maximum atomic E-state index is 12.6. The van der Waals surface area contributed by atoms with Gasteiger partial charge in [0.2, 0.25) is 6.67 Å². The van der Waals surface area contributed by atoms with E-state index in [2.05, 4.69) is 82.3 Å². The molecule has 2 aromatic carbocycles. The van der Waals surface area contributed by atoms with Gasteiger partial charge in [-0.3, -0.25) is 19.3 Å². The lowest BCUT2D eigenvalue weighted by atomic mass is 10.0. The fourth-order valence-electron chi connectivity index (χ4n) is 5.49. The van der Waals surface area contributed by atoms with Crippen LogP contribution in [0.3, 0.4) is 0 Å². The number of rotatable bonds is 8. The van der Waals surface area contributed by atoms with E-state index in [1.54, 1.807) is 0 Å². The Labute approximate surface area is 219 Å². The monoisotopic (exact) mass is 501 g/mol. The van der Waals surface area contributed by atoms with Crippen LogP contribution in [0.4, 0.5) is 11.4 Å². The van der Waals surface area contributed by atoms with Gasteiger partial charge in [0.1, 0.15) is 6.61 Å². The molecule has 1 atom stereocenters. The van der Waals surface area contributed by atoms with Gasteiger partial charge in [-0.15, -0.1) is 0 Å². The predicted molar refractivity (Wildman–Crippen MR) is 144 cm³/mol. The summed E-state index contributed by atoms with van der Waals surface area (Å²) >= 11 is 0. The highest BCUT2D eigenvalue weighted by Gasteiger charge is 2.36. The van der Waals surface area contributed by atoms with E-state index in [9.17, 15) is 14.4 Å². The van der Waals surface area contributed by atoms with Crippen LogP contribution in [-0.4, -0.2) is 48.4 Å². The lowest BCUT2D eigenvalue weighted by Crippen LogP contribution is -2.35. The van der Waals surface area contributed by atoms with Crippen LogP contribution in [0.25, 0.3) is 0 Å². The molecule has 7 nitrogen and oxygen atoms in total. The molecule has 0 aliphatic carbocycles. The molecule has 0 aromatic heterocycles. The highest BCUT2D eigenvalue weighted by Crippen LogP contribution is 2.37. The van der Waals surface area contributed by atoms with E-state index in [-0.39, 0.29) is 43.4 Å². The number of nitrogens with zero attached hydrogens (tertiary/aromatic N) is 3. The number of amides is 2. The van der Waals surface area contributed by atoms with Gasteiger partial charge in [0, 0.05) is 43.0 Å². The molecule has 2 aliphatic heterocycles. The third-order valence-electron chi connectivity index (χ3n) is 6.87. The van der Waals surface area contributed by atoms with Crippen molar-refractivity contribution in [3.05, 3.63) is 76.5 Å². The van der Waals surface area contributed by atoms with Crippen molar-refractivity contribution in [1.29, 1.82) is 0 Å². The molecule has 1 unspecified atom stereocenters. The molecule has 0 spiro atoms. The van der Waals surface area contributed by atoms with Crippen LogP contribution in [-0.2, 0) is 19.1 Å². The van der Waals surface area contributed by atoms with E-state index >= 15 is 0 Å². The average molecular weight is 502 g/mol. The van der Waals surface area contributed by atoms with Gasteiger partial charge in [0.05, 0.1) is 6.04 Å². The molecule has 194 valence electrons. The number of hydrogen-bond donors (Lipinski definition) is 0. The maximum absolute atomic E-state index is 12.6. The van der Waals surface area contributed by atoms with Crippen LogP contribution in [0.2, 0.25) is 0 Å². The van der Waals surface area contributed by atoms with Gasteiger partial charge in [-0.2, -0.15) is 0 Å². The molecule has 1 saturated heterocycles. The molecular weight excluding hydrogens is 466 g/mol. The van der Waals surface area contributed by atoms with Crippen LogP contribution >= 0.6 is 0 Å². The Bertz CT molecular complexity index is 1200. The Kier molecular flexibility index (Phi) is 7.71. The molecule has 0 N–H and O–H groups in total. The quantitative estimate of drug-likeness (QED) is 0.393. The van der Waals surface area contributed by atoms with Crippen LogP contribution < -0.4 is 9.80 Å². The average Bonchev–Trinajstić information content (AvgIpc) is 3.34. The van der Waals surface area contributed by atoms with E-state index in [0.29, 0.717) is 13.0 Å². The normalized spacial score (nSPS) is 17.4. The molecule has 2 aromatic rings. The molecule has 2 heterocycles. The van der Waals surface area contributed by atoms with E-state index in [1.165, 1.54) is 34.4 Å². The molecule has 2 radical (unpaired) electrons. The minimum atomic E-state index is -0.342. The molecule has 0 bridgehead atoms. The van der Waals surface area contributed by atoms with Crippen molar-refractivity contribution in [2.45, 2.75) is 60.4 Å². The fraction of sp³-hybridized carbons (Fsp3) is 0.400. The second-order valence-corrected chi connectivity index (χ2v) is 10.2. The largest absolute Gasteiger partial charge is 0.463 e. The van der Waals surface area contributed by atoms with Crippen molar-refractivity contribution < 1.29 is 19.1 Å². The summed E-state index contributed by atoms with van der Waals surface area (Å²) in [6.45, 7) is 17.2. The maximum Gasteiger partial charge on any atom is 0.305 e. The summed E-state index contributed by atoms with van der Waals surface area (Å²) in [6, 6.07) is 8.56. The SMILES string of the molecule is Cc1cc(C)c(N2[C]N(c3c(C)cc(C)cc3C)C(COC(=O)CCCN3C(=O)C=CC3=O)C2)c(C)c1. The predicted octanol–water partition coefficient (Wildman–Crippen LogP) is 4.48. The highest BCUT2D eigenvalue weighted by molar-refractivity contribution is 6.12. The standard InChI is InChI=1S/C30H35N3O4/c1-19-12-21(3)29(22(4)13-19)31-16-25(33(18-31)30-23(5)14-20(2)15-24(30)6)17-37-28(36)8-7-11-32-26(34)9-10-27(32)35/h9-10,12-15,25H,7-8,11,16-17H2,1-6H3. The number of anilines is 2. The Hall–Kier alpha value is -3.61. The third kappa shape index (κ3) is 5.71. The van der Waals surface area contributed by atoms with Crippen molar-refractivity contribution in [3.8, 4) is 0 Å². The fourth-order valence-corrected chi connectivity index (χ4v) is 5.49. The van der Waals surface area contributed by atoms with Gasteiger partial charge in [0.25, 0.3) is 11.8 Å². The molecule has 2 aliphatic rings. The van der Waals surface area contributed by atoms with Gasteiger partial charge >= 0.3 is 5.97 Å². The number of imide groups is 1. The minimum Gasteiger partial charge on any atom is -0.463 e. The molecule has 0 saturated carbocycles. The Balaban J connectivity index is 1.48. The van der Waals surface area contributed by atoms with Crippen molar-refractivity contribution in [2.24, 2.45) is 0 Å². The number of benzene rings is 2. The van der Waals surface area contributed by atoms with Crippen LogP contribution in [0.5, 0.6) is 0 Å². The zero-order valence-electron chi connectivity index (χ0n) is 22.6. The van der Waals surface area contributed by atoms with Crippen molar-refractivity contribution in [3.63, 3.8) is 0 Å². The molecular formula is C30H35N3O4. The van der Waals surface area contributed by atoms with Gasteiger partial charge in [-0.1, -0.05) is 35.4 Å². The Morgan fingerprint density at radius 3 is 1.92 bits per heavy atom. The lowest BCUT2D eigenvalue weighted by molar-refractivity contribution is -0.145. The van der Waals surface area contributed by atoms with E-state index in [1.807, 2.05) is 0 Å². The first kappa shape index (κ1) is 26.5. The topological polar surface area (TPSA) is 70.2 Å². The molecule has 4 rings (SSSR count). The first-order valence-electron chi connectivity index (χ1n) is 12.7. The first-order chi connectivity index (χ1) is 17.5. The number of ether oxygens (including phenoxy) is 1. The highest BCUT2D eigenvalue weighted by atomic mass is 16.5. The van der Waals surface area contributed by atoms with Gasteiger partial charge in [-0.25, -0.2) is 0 Å². The zero-order valence-corrected chi connectivity index (χ0v) is 22.6. The van der Waals surface area contributed by atoms with Crippen LogP contribution in [0.1, 0.15) is 46.2 Å². The molecule has 1 fully saturated rings. The number of carbonyl (C=O) groups is 3. The summed E-state index contributed by atoms with van der Waals surface area (Å²) in [5.74, 6) is -1.01. The summed E-state index contributed by atoms with van der Waals surface area (Å²) in [4.78, 5) is 41.4. The van der Waals surface area contributed by atoms with E-state index in [0.717, 1.165) is 27.4 Å². The summed E-state index contributed by atoms with van der Waals surface area (Å²) in [6.07, 6.45) is 3.01. The molecule has 37 heavy (non-hydrogen) atoms. The lowest BCUT2D eigenvalue weighted by Gasteiger charge is -2.28. The minimum absolute atomic E-state index is 0.116. The Morgan fingerprint density at radius 1 is 0.865 bits per heavy atom. The van der Waals surface area contributed by atoms with Gasteiger partial charge in [0.15, 0.2) is 0 Å². The van der Waals surface area contributed by atoms with Crippen molar-refractivity contribution >= 4 is 29.2 Å². The zero-order chi connectivity index (χ0) is 26.9. The van der Waals surface area contributed by atoms with Crippen molar-refractivity contribution in [1.82, 2.24) is 4.90 Å². The van der Waals surface area contributed by atoms with Gasteiger partial charge in [-0.05, 0) is 70.2 Å². The van der Waals surface area contributed by atoms with Crippen LogP contribution in [0.15, 0.2) is 36.4 Å². The summed E-state index contributed by atoms with van der Waals surface area (Å²) in [5, 5.41) is 0. The summed E-state index contributed by atoms with van der Waals surface area (Å²) in [5.41, 5.74) is 9.28. The summed E-state index contributed by atoms with van der Waals surface area (Å²) < 4.78 is 5.71. The Morgan fingerprint density at radius 2 is 1.38 bits per heavy atom. The number of esters is 1. The number of carbonyl (C=O) groups excluding carboxylic acids is 3. The van der Waals surface area contributed by atoms with Crippen molar-refractivity contribution in [2.75, 3.05) is 29.5 Å². The van der Waals surface area contributed by atoms with E-state index in [4.69, 9.17) is 4.74 Å². The number of hydrogen-bond acceptors (Lipinski definition) is 6. The molecule has 2 amide bonds. The second-order valence-electron chi connectivity index (χ2n) is 10.2. The number of aryl methyl sites for hydroxylation is 6. The first-order valence-corrected chi connectivity index (χ1v) is 12.7. The second kappa shape index (κ2) is 10.8. The third-order valence-corrected chi connectivity index (χ3v) is 6.87. The van der Waals surface area contributed by atoms with Crippen LogP contribution in [0, 0.1) is 48.2 Å². The van der Waals surface area contributed by atoms with Gasteiger partial charge < -0.3 is 14.5 Å². The van der Waals surface area contributed by atoms with E-state index < -0.39 is 0 Å². The smallest absolute Gasteiger partial charge is 0.305 e. The molecule has 7 heteroatoms.